The number of rotatable bonds is 7. The number of carbonyl (C=O) groups is 1. The van der Waals surface area contributed by atoms with Gasteiger partial charge in [0.15, 0.2) is 0 Å². The Hall–Kier alpha value is -1.42. The van der Waals surface area contributed by atoms with Crippen LogP contribution >= 0.6 is 0 Å². The Balaban J connectivity index is 1.98. The molecule has 0 aromatic carbocycles. The normalized spacial score (nSPS) is 10.1. The summed E-state index contributed by atoms with van der Waals surface area (Å²) in [5.74, 6) is 0.107. The lowest BCUT2D eigenvalue weighted by Gasteiger charge is -2.04. The number of nitrogens with one attached hydrogen (secondary N) is 2. The maximum absolute atomic E-state index is 10.9. The van der Waals surface area contributed by atoms with E-state index in [1.165, 1.54) is 5.56 Å². The molecule has 1 aromatic rings. The molecule has 1 amide bonds. The zero-order chi connectivity index (χ0) is 11.6. The lowest BCUT2D eigenvalue weighted by molar-refractivity contribution is -0.120. The van der Waals surface area contributed by atoms with Gasteiger partial charge >= 0.3 is 0 Å². The minimum absolute atomic E-state index is 0.107. The van der Waals surface area contributed by atoms with Gasteiger partial charge < -0.3 is 10.6 Å². The molecule has 0 aliphatic rings. The number of pyridine rings is 1. The number of hydrogen-bond donors (Lipinski definition) is 2. The van der Waals surface area contributed by atoms with Crippen LogP contribution in [-0.2, 0) is 11.2 Å². The third-order valence-corrected chi connectivity index (χ3v) is 2.38. The first kappa shape index (κ1) is 12.6. The van der Waals surface area contributed by atoms with Crippen molar-refractivity contribution in [3.63, 3.8) is 0 Å². The van der Waals surface area contributed by atoms with E-state index >= 15 is 0 Å². The van der Waals surface area contributed by atoms with Gasteiger partial charge in [-0.3, -0.25) is 9.78 Å². The van der Waals surface area contributed by atoms with Crippen molar-refractivity contribution in [1.29, 1.82) is 0 Å². The van der Waals surface area contributed by atoms with Crippen LogP contribution in [0, 0.1) is 0 Å². The van der Waals surface area contributed by atoms with Gasteiger partial charge in [-0.15, -0.1) is 0 Å². The van der Waals surface area contributed by atoms with E-state index in [1.807, 2.05) is 12.1 Å². The van der Waals surface area contributed by atoms with Crippen LogP contribution in [0.2, 0.25) is 0 Å². The molecule has 0 bridgehead atoms. The van der Waals surface area contributed by atoms with Gasteiger partial charge in [-0.1, -0.05) is 0 Å². The predicted octanol–water partition coefficient (Wildman–Crippen LogP) is 0.740. The summed E-state index contributed by atoms with van der Waals surface area (Å²) in [5, 5.41) is 5.92. The van der Waals surface area contributed by atoms with Crippen LogP contribution in [0.5, 0.6) is 0 Å². The second-order valence-corrected chi connectivity index (χ2v) is 3.63. The molecule has 0 unspecified atom stereocenters. The minimum Gasteiger partial charge on any atom is -0.359 e. The number of hydrogen-bond acceptors (Lipinski definition) is 3. The first-order valence-electron chi connectivity index (χ1n) is 5.63. The Morgan fingerprint density at radius 2 is 2.06 bits per heavy atom. The number of amides is 1. The molecule has 0 aliphatic heterocycles. The summed E-state index contributed by atoms with van der Waals surface area (Å²) in [6.07, 6.45) is 6.10. The first-order valence-corrected chi connectivity index (χ1v) is 5.63. The summed E-state index contributed by atoms with van der Waals surface area (Å²) < 4.78 is 0. The zero-order valence-electron chi connectivity index (χ0n) is 9.70. The number of aromatic nitrogens is 1. The Morgan fingerprint density at radius 1 is 1.31 bits per heavy atom. The quantitative estimate of drug-likeness (QED) is 0.668. The largest absolute Gasteiger partial charge is 0.359 e. The highest BCUT2D eigenvalue weighted by atomic mass is 16.1. The summed E-state index contributed by atoms with van der Waals surface area (Å²) >= 11 is 0. The van der Waals surface area contributed by atoms with Crippen LogP contribution < -0.4 is 10.6 Å². The molecule has 0 saturated heterocycles. The second kappa shape index (κ2) is 7.82. The van der Waals surface area contributed by atoms with Crippen molar-refractivity contribution < 1.29 is 4.79 Å². The van der Waals surface area contributed by atoms with Gasteiger partial charge in [-0.25, -0.2) is 0 Å². The van der Waals surface area contributed by atoms with Gasteiger partial charge in [0.1, 0.15) is 0 Å². The summed E-state index contributed by atoms with van der Waals surface area (Å²) in [6.45, 7) is 1.83. The van der Waals surface area contributed by atoms with Gasteiger partial charge in [-0.05, 0) is 43.6 Å². The molecule has 0 aliphatic carbocycles. The smallest absolute Gasteiger partial charge is 0.219 e. The first-order chi connectivity index (χ1) is 7.83. The van der Waals surface area contributed by atoms with Gasteiger partial charge in [0.05, 0.1) is 0 Å². The van der Waals surface area contributed by atoms with Gasteiger partial charge in [0, 0.05) is 25.9 Å². The topological polar surface area (TPSA) is 54.0 Å². The number of nitrogens with zero attached hydrogens (tertiary/aromatic N) is 1. The summed E-state index contributed by atoms with van der Waals surface area (Å²) in [5.41, 5.74) is 1.29. The summed E-state index contributed by atoms with van der Waals surface area (Å²) in [7, 11) is 1.67. The summed E-state index contributed by atoms with van der Waals surface area (Å²) in [6, 6.07) is 4.04. The maximum atomic E-state index is 10.9. The van der Waals surface area contributed by atoms with E-state index in [0.29, 0.717) is 6.42 Å². The molecule has 88 valence electrons. The molecule has 0 spiro atoms. The molecule has 16 heavy (non-hydrogen) atoms. The predicted molar refractivity (Wildman–Crippen MR) is 64.1 cm³/mol. The molecule has 4 nitrogen and oxygen atoms in total. The van der Waals surface area contributed by atoms with E-state index in [1.54, 1.807) is 19.4 Å². The maximum Gasteiger partial charge on any atom is 0.219 e. The average molecular weight is 221 g/mol. The SMILES string of the molecule is CNC(=O)CCCNCCc1ccncc1. The van der Waals surface area contributed by atoms with Crippen molar-refractivity contribution >= 4 is 5.91 Å². The van der Waals surface area contributed by atoms with Crippen molar-refractivity contribution in [3.8, 4) is 0 Å². The molecule has 0 fully saturated rings. The second-order valence-electron chi connectivity index (χ2n) is 3.63. The average Bonchev–Trinajstić information content (AvgIpc) is 2.34. The van der Waals surface area contributed by atoms with E-state index in [-0.39, 0.29) is 5.91 Å². The third kappa shape index (κ3) is 5.46. The van der Waals surface area contributed by atoms with E-state index in [4.69, 9.17) is 0 Å². The fourth-order valence-corrected chi connectivity index (χ4v) is 1.41. The zero-order valence-corrected chi connectivity index (χ0v) is 9.70. The molecular formula is C12H19N3O. The highest BCUT2D eigenvalue weighted by Crippen LogP contribution is 1.96. The highest BCUT2D eigenvalue weighted by Gasteiger charge is 1.96. The van der Waals surface area contributed by atoms with Gasteiger partial charge in [-0.2, -0.15) is 0 Å². The fraction of sp³-hybridized carbons (Fsp3) is 0.500. The van der Waals surface area contributed by atoms with Crippen molar-refractivity contribution in [2.45, 2.75) is 19.3 Å². The molecule has 1 aromatic heterocycles. The summed E-state index contributed by atoms with van der Waals surface area (Å²) in [4.78, 5) is 14.9. The molecule has 2 N–H and O–H groups in total. The fourth-order valence-electron chi connectivity index (χ4n) is 1.41. The third-order valence-electron chi connectivity index (χ3n) is 2.38. The van der Waals surface area contributed by atoms with Crippen LogP contribution in [0.4, 0.5) is 0 Å². The molecule has 4 heteroatoms. The standard InChI is InChI=1S/C12H19N3O/c1-13-12(16)3-2-7-14-8-4-11-5-9-15-10-6-11/h5-6,9-10,14H,2-4,7-8H2,1H3,(H,13,16). The van der Waals surface area contributed by atoms with Crippen LogP contribution in [0.15, 0.2) is 24.5 Å². The van der Waals surface area contributed by atoms with Crippen LogP contribution in [-0.4, -0.2) is 31.0 Å². The van der Waals surface area contributed by atoms with Crippen molar-refractivity contribution in [1.82, 2.24) is 15.6 Å². The molecule has 1 rings (SSSR count). The van der Waals surface area contributed by atoms with Crippen molar-refractivity contribution in [3.05, 3.63) is 30.1 Å². The van der Waals surface area contributed by atoms with E-state index in [0.717, 1.165) is 25.9 Å². The van der Waals surface area contributed by atoms with E-state index in [9.17, 15) is 4.79 Å². The number of carbonyl (C=O) groups excluding carboxylic acids is 1. The van der Waals surface area contributed by atoms with Crippen LogP contribution in [0.1, 0.15) is 18.4 Å². The molecule has 0 radical (unpaired) electrons. The molecule has 0 atom stereocenters. The lowest BCUT2D eigenvalue weighted by atomic mass is 10.2. The Morgan fingerprint density at radius 3 is 2.75 bits per heavy atom. The Kier molecular flexibility index (Phi) is 6.18. The van der Waals surface area contributed by atoms with Crippen molar-refractivity contribution in [2.75, 3.05) is 20.1 Å². The highest BCUT2D eigenvalue weighted by molar-refractivity contribution is 5.75. The lowest BCUT2D eigenvalue weighted by Crippen LogP contribution is -2.22. The Labute approximate surface area is 96.5 Å². The van der Waals surface area contributed by atoms with E-state index < -0.39 is 0 Å². The van der Waals surface area contributed by atoms with E-state index in [2.05, 4.69) is 15.6 Å². The van der Waals surface area contributed by atoms with Crippen LogP contribution in [0.3, 0.4) is 0 Å². The Bertz CT molecular complexity index is 300. The minimum atomic E-state index is 0.107. The van der Waals surface area contributed by atoms with Crippen LogP contribution in [0.25, 0.3) is 0 Å². The molecule has 1 heterocycles. The monoisotopic (exact) mass is 221 g/mol. The molecular weight excluding hydrogens is 202 g/mol. The molecule has 0 saturated carbocycles. The van der Waals surface area contributed by atoms with Gasteiger partial charge in [0.25, 0.3) is 0 Å². The van der Waals surface area contributed by atoms with Gasteiger partial charge in [0.2, 0.25) is 5.91 Å². The van der Waals surface area contributed by atoms with Crippen molar-refractivity contribution in [2.24, 2.45) is 0 Å².